The zero-order valence-corrected chi connectivity index (χ0v) is 24.8. The summed E-state index contributed by atoms with van der Waals surface area (Å²) in [7, 11) is 6.30. The lowest BCUT2D eigenvalue weighted by molar-refractivity contribution is -0.137. The maximum Gasteiger partial charge on any atom is 0.417 e. The molecule has 0 fully saturated rings. The Morgan fingerprint density at radius 2 is 1.74 bits per heavy atom. The Morgan fingerprint density at radius 1 is 1.00 bits per heavy atom. The molecule has 1 atom stereocenters. The fourth-order valence-corrected chi connectivity index (χ4v) is 7.07. The van der Waals surface area contributed by atoms with Crippen LogP contribution in [0.4, 0.5) is 26.3 Å². The number of aliphatic imine (C=N–C) groups is 2. The number of halogens is 6. The van der Waals surface area contributed by atoms with Gasteiger partial charge in [0, 0.05) is 47.4 Å². The molecule has 4 heterocycles. The second-order valence-electron chi connectivity index (χ2n) is 9.46. The molecule has 6 nitrogen and oxygen atoms in total. The van der Waals surface area contributed by atoms with Gasteiger partial charge in [0.2, 0.25) is 0 Å². The molecule has 5 rings (SSSR count). The van der Waals surface area contributed by atoms with Crippen LogP contribution in [0.3, 0.4) is 0 Å². The van der Waals surface area contributed by atoms with Gasteiger partial charge in [0.05, 0.1) is 11.1 Å². The number of benzene rings is 1. The molecule has 1 aromatic carbocycles. The van der Waals surface area contributed by atoms with Crippen molar-refractivity contribution in [2.45, 2.75) is 37.1 Å². The number of aromatic nitrogens is 3. The van der Waals surface area contributed by atoms with Gasteiger partial charge in [-0.05, 0) is 32.1 Å². The molecule has 14 heteroatoms. The number of pyridine rings is 1. The van der Waals surface area contributed by atoms with Crippen molar-refractivity contribution in [2.24, 2.45) is 17.0 Å². The van der Waals surface area contributed by atoms with Crippen LogP contribution in [-0.4, -0.2) is 50.4 Å². The van der Waals surface area contributed by atoms with E-state index in [0.29, 0.717) is 23.1 Å². The third-order valence-corrected chi connectivity index (χ3v) is 9.33. The maximum atomic E-state index is 13.3. The number of amidine groups is 2. The van der Waals surface area contributed by atoms with E-state index in [1.807, 2.05) is 50.3 Å². The third-order valence-electron chi connectivity index (χ3n) is 6.75. The number of alkyl halides is 6. The molecule has 43 heavy (non-hydrogen) atoms. The molecule has 0 amide bonds. The van der Waals surface area contributed by atoms with Crippen molar-refractivity contribution in [3.05, 3.63) is 88.6 Å². The lowest BCUT2D eigenvalue weighted by Gasteiger charge is -2.19. The Balaban J connectivity index is 1.40. The number of hydrogen-bond acceptors (Lipinski definition) is 7. The minimum absolute atomic E-state index is 0.138. The van der Waals surface area contributed by atoms with Crippen molar-refractivity contribution in [3.8, 4) is 11.4 Å². The number of nitrogens with zero attached hydrogens (tertiary/aromatic N) is 6. The van der Waals surface area contributed by atoms with Crippen LogP contribution in [0.1, 0.15) is 19.4 Å². The minimum atomic E-state index is -4.53. The van der Waals surface area contributed by atoms with E-state index in [1.54, 1.807) is 23.6 Å². The summed E-state index contributed by atoms with van der Waals surface area (Å²) in [6.45, 7) is 3.72. The molecular weight excluding hydrogens is 610 g/mol. The van der Waals surface area contributed by atoms with E-state index in [4.69, 9.17) is 0 Å². The average molecular weight is 635 g/mol. The highest BCUT2D eigenvalue weighted by molar-refractivity contribution is 8.78. The highest BCUT2D eigenvalue weighted by Crippen LogP contribution is 2.45. The molecule has 224 valence electrons. The van der Waals surface area contributed by atoms with Gasteiger partial charge in [0.25, 0.3) is 0 Å². The lowest BCUT2D eigenvalue weighted by atomic mass is 10.2. The van der Waals surface area contributed by atoms with E-state index in [-0.39, 0.29) is 5.52 Å². The van der Waals surface area contributed by atoms with Gasteiger partial charge in [-0.3, -0.25) is 4.99 Å². The van der Waals surface area contributed by atoms with Crippen molar-refractivity contribution >= 4 is 44.4 Å². The Hall–Kier alpha value is -3.78. The number of likely N-dealkylation sites (N-methyl/N-ethyl adjacent to an activating group) is 1. The largest absolute Gasteiger partial charge is 0.417 e. The minimum Gasteiger partial charge on any atom is -0.315 e. The molecule has 2 aromatic heterocycles. The van der Waals surface area contributed by atoms with Gasteiger partial charge in [0.1, 0.15) is 29.1 Å². The first-order valence-electron chi connectivity index (χ1n) is 12.8. The van der Waals surface area contributed by atoms with Crippen molar-refractivity contribution in [2.75, 3.05) is 7.05 Å². The van der Waals surface area contributed by atoms with Gasteiger partial charge in [0.15, 0.2) is 5.65 Å². The lowest BCUT2D eigenvalue weighted by Crippen LogP contribution is -2.32. The van der Waals surface area contributed by atoms with E-state index >= 15 is 0 Å². The summed E-state index contributed by atoms with van der Waals surface area (Å²) in [5.74, 6) is 1.42. The molecule has 2 aliphatic heterocycles. The number of fused-ring (bicyclic) bond motifs is 2. The normalized spacial score (nSPS) is 18.0. The second-order valence-corrected chi connectivity index (χ2v) is 11.7. The first kappa shape index (κ1) is 30.7. The van der Waals surface area contributed by atoms with Crippen molar-refractivity contribution < 1.29 is 26.3 Å². The number of allylic oxidation sites excluding steroid dienone is 4. The van der Waals surface area contributed by atoms with Gasteiger partial charge < -0.3 is 9.47 Å². The van der Waals surface area contributed by atoms with Crippen LogP contribution in [-0.2, 0) is 13.2 Å². The molecule has 1 unspecified atom stereocenters. The van der Waals surface area contributed by atoms with Gasteiger partial charge in [-0.25, -0.2) is 15.0 Å². The van der Waals surface area contributed by atoms with E-state index in [9.17, 15) is 26.3 Å². The number of imidazole rings is 1. The summed E-state index contributed by atoms with van der Waals surface area (Å²) < 4.78 is 81.0. The van der Waals surface area contributed by atoms with Crippen LogP contribution in [0.15, 0.2) is 98.0 Å². The van der Waals surface area contributed by atoms with Gasteiger partial charge in [-0.2, -0.15) is 26.3 Å². The van der Waals surface area contributed by atoms with Crippen LogP contribution in [0.5, 0.6) is 0 Å². The van der Waals surface area contributed by atoms with Crippen LogP contribution in [0.25, 0.3) is 22.6 Å². The van der Waals surface area contributed by atoms with Crippen molar-refractivity contribution in [3.63, 3.8) is 0 Å². The fourth-order valence-electron chi connectivity index (χ4n) is 4.58. The Kier molecular flexibility index (Phi) is 8.36. The second kappa shape index (κ2) is 11.7. The van der Waals surface area contributed by atoms with Gasteiger partial charge >= 0.3 is 12.4 Å². The quantitative estimate of drug-likeness (QED) is 0.155. The third kappa shape index (κ3) is 6.03. The van der Waals surface area contributed by atoms with E-state index in [1.165, 1.54) is 27.7 Å². The zero-order chi connectivity index (χ0) is 31.1. The molecule has 0 saturated heterocycles. The predicted octanol–water partition coefficient (Wildman–Crippen LogP) is 8.37. The summed E-state index contributed by atoms with van der Waals surface area (Å²) >= 11 is 0. The predicted molar refractivity (Wildman–Crippen MR) is 160 cm³/mol. The number of rotatable bonds is 6. The summed E-state index contributed by atoms with van der Waals surface area (Å²) in [4.78, 5) is 20.6. The van der Waals surface area contributed by atoms with Crippen LogP contribution in [0.2, 0.25) is 0 Å². The molecule has 3 aromatic rings. The van der Waals surface area contributed by atoms with E-state index in [2.05, 4.69) is 20.0 Å². The number of hydrogen-bond donors (Lipinski definition) is 0. The fraction of sp³-hybridized carbons (Fsp3) is 0.241. The summed E-state index contributed by atoms with van der Waals surface area (Å²) in [6.07, 6.45) is -1.25. The maximum absolute atomic E-state index is 13.3. The van der Waals surface area contributed by atoms with E-state index in [0.717, 1.165) is 45.5 Å². The smallest absolute Gasteiger partial charge is 0.315 e. The van der Waals surface area contributed by atoms with Crippen LogP contribution >= 0.6 is 21.6 Å². The number of aryl methyl sites for hydroxylation is 1. The summed E-state index contributed by atoms with van der Waals surface area (Å²) in [5, 5.41) is 0. The van der Waals surface area contributed by atoms with Crippen molar-refractivity contribution in [1.29, 1.82) is 0 Å². The standard InChI is InChI=1S/C29H24F6N6S2/c1-5-18(24-38-20-12-11-16(28(30,31)32)14-36-26(20)40(24)3)22(6-2)42-43-23-10-8-7-9-19(23)25-39-21-13-17(29(33,34)35)15-37-27(21)41(25)4/h5-15,20H,1-4H3/b18-5+,22-6+. The Bertz CT molecular complexity index is 1760. The van der Waals surface area contributed by atoms with Crippen LogP contribution in [0, 0.1) is 0 Å². The molecule has 0 spiro atoms. The zero-order valence-electron chi connectivity index (χ0n) is 23.2. The monoisotopic (exact) mass is 634 g/mol. The van der Waals surface area contributed by atoms with Crippen LogP contribution < -0.4 is 0 Å². The molecule has 0 N–H and O–H groups in total. The van der Waals surface area contributed by atoms with Crippen molar-refractivity contribution in [1.82, 2.24) is 19.4 Å². The highest BCUT2D eigenvalue weighted by atomic mass is 33.1. The Labute approximate surface area is 251 Å². The Morgan fingerprint density at radius 3 is 2.42 bits per heavy atom. The first-order chi connectivity index (χ1) is 20.3. The first-order valence-corrected chi connectivity index (χ1v) is 15.0. The summed E-state index contributed by atoms with van der Waals surface area (Å²) in [6, 6.07) is 7.75. The molecule has 0 bridgehead atoms. The summed E-state index contributed by atoms with van der Waals surface area (Å²) in [5.41, 5.74) is 0.246. The molecular formula is C29H24F6N6S2. The molecule has 0 aliphatic carbocycles. The highest BCUT2D eigenvalue weighted by Gasteiger charge is 2.36. The topological polar surface area (TPSA) is 58.7 Å². The SMILES string of the molecule is C/C=C(C1=NC2C=CC(C(F)(F)F)=CN=C2N1C)\C(=C/C)SSc1ccccc1-c1nc2cc(C(F)(F)F)cnc2n1C. The molecule has 0 saturated carbocycles. The molecule has 0 radical (unpaired) electrons. The average Bonchev–Trinajstić information content (AvgIpc) is 3.34. The van der Waals surface area contributed by atoms with E-state index < -0.39 is 29.5 Å². The molecule has 2 aliphatic rings. The van der Waals surface area contributed by atoms with Gasteiger partial charge in [-0.1, -0.05) is 58.0 Å². The van der Waals surface area contributed by atoms with Gasteiger partial charge in [-0.15, -0.1) is 0 Å².